The van der Waals surface area contributed by atoms with Crippen molar-refractivity contribution in [1.82, 2.24) is 0 Å². The summed E-state index contributed by atoms with van der Waals surface area (Å²) in [5, 5.41) is 26.2. The van der Waals surface area contributed by atoms with Crippen LogP contribution in [0.1, 0.15) is 19.8 Å². The quantitative estimate of drug-likeness (QED) is 0.368. The van der Waals surface area contributed by atoms with Gasteiger partial charge in [-0.05, 0) is 12.8 Å². The number of hydrogen-bond acceptors (Lipinski definition) is 7. The van der Waals surface area contributed by atoms with Crippen LogP contribution in [0.3, 0.4) is 0 Å². The molecule has 0 fully saturated rings. The molecule has 0 rings (SSSR count). The van der Waals surface area contributed by atoms with Crippen molar-refractivity contribution in [3.05, 3.63) is 0 Å². The van der Waals surface area contributed by atoms with E-state index in [2.05, 4.69) is 4.52 Å². The molecular weight excluding hydrogens is 267 g/mol. The second-order valence-electron chi connectivity index (χ2n) is 3.38. The first-order valence-electron chi connectivity index (χ1n) is 5.48. The molecule has 108 valence electrons. The fourth-order valence-electron chi connectivity index (χ4n) is 0.782. The largest absolute Gasteiger partial charge is 0.480 e. The Morgan fingerprint density at radius 1 is 1.33 bits per heavy atom. The number of carboxylic acid groups (broad SMARTS) is 1. The fourth-order valence-corrected chi connectivity index (χ4v) is 1.98. The SMILES string of the molecule is CCC(O)COP(=O)(OCCCO)OCC(=O)O. The second kappa shape index (κ2) is 9.43. The highest BCUT2D eigenvalue weighted by atomic mass is 31.2. The third kappa shape index (κ3) is 8.57. The molecule has 0 amide bonds. The maximum Gasteiger partial charge on any atom is 0.475 e. The van der Waals surface area contributed by atoms with Crippen LogP contribution >= 0.6 is 7.82 Å². The number of carbonyl (C=O) groups is 1. The lowest BCUT2D eigenvalue weighted by Crippen LogP contribution is -2.16. The van der Waals surface area contributed by atoms with Crippen molar-refractivity contribution in [3.63, 3.8) is 0 Å². The van der Waals surface area contributed by atoms with Crippen molar-refractivity contribution in [3.8, 4) is 0 Å². The number of aliphatic hydroxyl groups is 2. The molecule has 0 aromatic carbocycles. The number of carboxylic acids is 1. The highest BCUT2D eigenvalue weighted by Gasteiger charge is 2.28. The molecule has 8 nitrogen and oxygen atoms in total. The van der Waals surface area contributed by atoms with Crippen molar-refractivity contribution in [2.24, 2.45) is 0 Å². The monoisotopic (exact) mass is 286 g/mol. The molecule has 0 aliphatic rings. The Balaban J connectivity index is 4.29. The summed E-state index contributed by atoms with van der Waals surface area (Å²) in [7, 11) is -4.02. The van der Waals surface area contributed by atoms with E-state index in [1.54, 1.807) is 6.92 Å². The minimum Gasteiger partial charge on any atom is -0.480 e. The van der Waals surface area contributed by atoms with Crippen LogP contribution in [0.25, 0.3) is 0 Å². The normalized spacial score (nSPS) is 16.2. The van der Waals surface area contributed by atoms with Gasteiger partial charge in [0.25, 0.3) is 0 Å². The molecule has 0 aliphatic carbocycles. The zero-order valence-electron chi connectivity index (χ0n) is 10.2. The summed E-state index contributed by atoms with van der Waals surface area (Å²) in [5.41, 5.74) is 0. The molecule has 18 heavy (non-hydrogen) atoms. The predicted octanol–water partition coefficient (Wildman–Crippen LogP) is 0.382. The first-order valence-corrected chi connectivity index (χ1v) is 6.94. The van der Waals surface area contributed by atoms with Crippen LogP contribution in [0, 0.1) is 0 Å². The molecule has 2 unspecified atom stereocenters. The molecule has 0 saturated heterocycles. The molecular formula is C9H19O8P. The highest BCUT2D eigenvalue weighted by molar-refractivity contribution is 7.48. The summed E-state index contributed by atoms with van der Waals surface area (Å²) in [6, 6.07) is 0. The van der Waals surface area contributed by atoms with E-state index in [1.165, 1.54) is 0 Å². The van der Waals surface area contributed by atoms with Gasteiger partial charge in [0.2, 0.25) is 0 Å². The van der Waals surface area contributed by atoms with Gasteiger partial charge in [0.05, 0.1) is 19.3 Å². The van der Waals surface area contributed by atoms with Crippen LogP contribution in [0.4, 0.5) is 0 Å². The summed E-state index contributed by atoms with van der Waals surface area (Å²) < 4.78 is 26.0. The third-order valence-electron chi connectivity index (χ3n) is 1.79. The molecule has 2 atom stereocenters. The Morgan fingerprint density at radius 3 is 2.50 bits per heavy atom. The Kier molecular flexibility index (Phi) is 9.17. The van der Waals surface area contributed by atoms with Gasteiger partial charge in [-0.3, -0.25) is 13.6 Å². The predicted molar refractivity (Wildman–Crippen MR) is 61.1 cm³/mol. The Bertz CT molecular complexity index is 282. The lowest BCUT2D eigenvalue weighted by Gasteiger charge is -2.18. The maximum absolute atomic E-state index is 11.9. The molecule has 3 N–H and O–H groups in total. The van der Waals surface area contributed by atoms with Crippen LogP contribution < -0.4 is 0 Å². The Labute approximate surface area is 105 Å². The molecule has 9 heteroatoms. The van der Waals surface area contributed by atoms with Crippen LogP contribution in [-0.2, 0) is 22.9 Å². The van der Waals surface area contributed by atoms with Crippen molar-refractivity contribution < 1.29 is 38.3 Å². The van der Waals surface area contributed by atoms with E-state index >= 15 is 0 Å². The van der Waals surface area contributed by atoms with Gasteiger partial charge in [-0.1, -0.05) is 6.92 Å². The standard InChI is InChI=1S/C9H19O8P/c1-2-8(11)6-16-18(14,15-5-3-4-10)17-7-9(12)13/h8,10-11H,2-7H2,1H3,(H,12,13). The number of phosphoric ester groups is 1. The van der Waals surface area contributed by atoms with Gasteiger partial charge in [0.1, 0.15) is 0 Å². The highest BCUT2D eigenvalue weighted by Crippen LogP contribution is 2.49. The second-order valence-corrected chi connectivity index (χ2v) is 5.05. The van der Waals surface area contributed by atoms with Crippen LogP contribution in [0.5, 0.6) is 0 Å². The lowest BCUT2D eigenvalue weighted by molar-refractivity contribution is -0.140. The molecule has 0 heterocycles. The molecule has 0 radical (unpaired) electrons. The molecule has 0 aromatic heterocycles. The third-order valence-corrected chi connectivity index (χ3v) is 3.20. The van der Waals surface area contributed by atoms with E-state index in [-0.39, 0.29) is 26.2 Å². The average molecular weight is 286 g/mol. The molecule has 0 spiro atoms. The molecule has 0 bridgehead atoms. The van der Waals surface area contributed by atoms with E-state index in [0.29, 0.717) is 6.42 Å². The van der Waals surface area contributed by atoms with Gasteiger partial charge < -0.3 is 15.3 Å². The fraction of sp³-hybridized carbons (Fsp3) is 0.889. The number of aliphatic carboxylic acids is 1. The molecule has 0 aliphatic heterocycles. The van der Waals surface area contributed by atoms with E-state index in [9.17, 15) is 14.5 Å². The van der Waals surface area contributed by atoms with Crippen LogP contribution in [-0.4, -0.2) is 53.8 Å². The topological polar surface area (TPSA) is 123 Å². The minimum absolute atomic E-state index is 0.102. The van der Waals surface area contributed by atoms with Crippen molar-refractivity contribution in [1.29, 1.82) is 0 Å². The summed E-state index contributed by atoms with van der Waals surface area (Å²) in [4.78, 5) is 10.3. The first-order chi connectivity index (χ1) is 8.43. The Morgan fingerprint density at radius 2 is 2.00 bits per heavy atom. The van der Waals surface area contributed by atoms with E-state index in [4.69, 9.17) is 19.3 Å². The number of hydrogen-bond donors (Lipinski definition) is 3. The van der Waals surface area contributed by atoms with Crippen molar-refractivity contribution in [2.75, 3.05) is 26.4 Å². The zero-order chi connectivity index (χ0) is 14.0. The van der Waals surface area contributed by atoms with Gasteiger partial charge in [0, 0.05) is 6.61 Å². The van der Waals surface area contributed by atoms with E-state index in [1.807, 2.05) is 0 Å². The van der Waals surface area contributed by atoms with Gasteiger partial charge in [-0.15, -0.1) is 0 Å². The van der Waals surface area contributed by atoms with Gasteiger partial charge in [-0.25, -0.2) is 9.36 Å². The summed E-state index contributed by atoms with van der Waals surface area (Å²) in [6.45, 7) is 0.307. The smallest absolute Gasteiger partial charge is 0.475 e. The first kappa shape index (κ1) is 17.5. The average Bonchev–Trinajstić information content (AvgIpc) is 2.34. The van der Waals surface area contributed by atoms with Crippen molar-refractivity contribution >= 4 is 13.8 Å². The summed E-state index contributed by atoms with van der Waals surface area (Å²) in [5.74, 6) is -1.32. The maximum atomic E-state index is 11.9. The van der Waals surface area contributed by atoms with Crippen LogP contribution in [0.15, 0.2) is 0 Å². The van der Waals surface area contributed by atoms with Crippen molar-refractivity contribution in [2.45, 2.75) is 25.9 Å². The van der Waals surface area contributed by atoms with E-state index < -0.39 is 26.5 Å². The van der Waals surface area contributed by atoms with Gasteiger partial charge >= 0.3 is 13.8 Å². The zero-order valence-corrected chi connectivity index (χ0v) is 11.0. The van der Waals surface area contributed by atoms with Crippen LogP contribution in [0.2, 0.25) is 0 Å². The molecule has 0 aromatic rings. The summed E-state index contributed by atoms with van der Waals surface area (Å²) >= 11 is 0. The number of phosphoric acid groups is 1. The molecule has 0 saturated carbocycles. The Hall–Kier alpha value is -0.500. The van der Waals surface area contributed by atoms with E-state index in [0.717, 1.165) is 0 Å². The lowest BCUT2D eigenvalue weighted by atomic mass is 10.3. The number of aliphatic hydroxyl groups excluding tert-OH is 2. The number of rotatable bonds is 11. The van der Waals surface area contributed by atoms with Gasteiger partial charge in [0.15, 0.2) is 6.61 Å². The van der Waals surface area contributed by atoms with Gasteiger partial charge in [-0.2, -0.15) is 0 Å². The summed E-state index contributed by atoms with van der Waals surface area (Å²) in [6.07, 6.45) is -0.247. The minimum atomic E-state index is -4.02.